The Kier molecular flexibility index (Phi) is 36.0. The molecule has 0 spiro atoms. The molecule has 14 heteroatoms. The van der Waals surface area contributed by atoms with Crippen molar-refractivity contribution in [1.29, 1.82) is 0 Å². The van der Waals surface area contributed by atoms with Gasteiger partial charge in [0, 0.05) is 63.3 Å². The molecule has 0 atom stereocenters. The molecule has 0 aromatic rings. The molecule has 2 aliphatic rings. The molecule has 0 bridgehead atoms. The number of thioether (sulfide) groups is 9. The predicted octanol–water partition coefficient (Wildman–Crippen LogP) is 11.0. The van der Waals surface area contributed by atoms with Gasteiger partial charge in [0.05, 0.1) is 12.7 Å². The highest BCUT2D eigenvalue weighted by Gasteiger charge is 2.39. The molecule has 38 heavy (non-hydrogen) atoms. The first-order valence-corrected chi connectivity index (χ1v) is 24.7. The minimum Gasteiger partial charge on any atom is -0.179 e. The largest absolute Gasteiger partial charge is 0.179 e. The first-order valence-electron chi connectivity index (χ1n) is 12.4. The Labute approximate surface area is 301 Å². The van der Waals surface area contributed by atoms with Crippen molar-refractivity contribution in [2.75, 3.05) is 86.3 Å². The van der Waals surface area contributed by atoms with Crippen LogP contribution in [0.15, 0.2) is 0 Å². The van der Waals surface area contributed by atoms with Crippen LogP contribution in [0.3, 0.4) is 0 Å². The van der Waals surface area contributed by atoms with Crippen LogP contribution in [0.4, 0.5) is 0 Å². The van der Waals surface area contributed by atoms with Crippen LogP contribution >= 0.6 is 167 Å². The maximum absolute atomic E-state index is 5.75. The Morgan fingerprint density at radius 3 is 1.32 bits per heavy atom. The number of thiol groups is 3. The zero-order valence-electron chi connectivity index (χ0n) is 22.2. The second-order valence-electron chi connectivity index (χ2n) is 7.81. The second-order valence-corrected chi connectivity index (χ2v) is 23.3. The Morgan fingerprint density at radius 2 is 1.00 bits per heavy atom. The monoisotopic (exact) mass is 792 g/mol. The van der Waals surface area contributed by atoms with Gasteiger partial charge < -0.3 is 0 Å². The fourth-order valence-corrected chi connectivity index (χ4v) is 16.4. The number of hydrogen-bond acceptors (Lipinski definition) is 12. The first-order chi connectivity index (χ1) is 17.8. The molecule has 2 aliphatic heterocycles. The molecule has 2 saturated heterocycles. The van der Waals surface area contributed by atoms with Crippen molar-refractivity contribution in [2.24, 2.45) is 0 Å². The van der Waals surface area contributed by atoms with E-state index in [1.54, 1.807) is 0 Å². The van der Waals surface area contributed by atoms with E-state index in [9.17, 15) is 0 Å². The van der Waals surface area contributed by atoms with Crippen molar-refractivity contribution in [1.82, 2.24) is 0 Å². The molecule has 0 radical (unpaired) electrons. The predicted molar refractivity (Wildman–Crippen MR) is 221 cm³/mol. The minimum atomic E-state index is -0.241. The lowest BCUT2D eigenvalue weighted by atomic mass is 10.5. The summed E-state index contributed by atoms with van der Waals surface area (Å²) >= 11 is 42.6. The van der Waals surface area contributed by atoms with Crippen molar-refractivity contribution in [3.05, 3.63) is 0 Å². The van der Waals surface area contributed by atoms with E-state index in [2.05, 4.69) is 106 Å². The van der Waals surface area contributed by atoms with Crippen LogP contribution in [0.2, 0.25) is 0 Å². The zero-order valence-corrected chi connectivity index (χ0v) is 33.8. The van der Waals surface area contributed by atoms with E-state index in [-0.39, 0.29) is 16.3 Å². The van der Waals surface area contributed by atoms with Crippen LogP contribution in [0.5, 0.6) is 0 Å². The third-order valence-corrected chi connectivity index (χ3v) is 21.9. The third-order valence-electron chi connectivity index (χ3n) is 4.59. The van der Waals surface area contributed by atoms with Gasteiger partial charge in [-0.05, 0) is 43.3 Å². The molecule has 2 heterocycles. The molecule has 0 N–H and O–H groups in total. The maximum Gasteiger partial charge on any atom is 0.131 e. The van der Waals surface area contributed by atoms with Crippen LogP contribution in [-0.4, -0.2) is 104 Å². The normalized spacial score (nSPS) is 17.5. The highest BCUT2D eigenvalue weighted by Crippen LogP contribution is 2.53. The van der Waals surface area contributed by atoms with Gasteiger partial charge in [-0.25, -0.2) is 0 Å². The molecule has 0 aromatic carbocycles. The molecular weight excluding hydrogens is 744 g/mol. The summed E-state index contributed by atoms with van der Waals surface area (Å²) in [4.78, 5) is -0.241. The summed E-state index contributed by atoms with van der Waals surface area (Å²) in [5, 5.41) is 0. The summed E-state index contributed by atoms with van der Waals surface area (Å²) in [6.45, 7) is 6.76. The lowest BCUT2D eigenvalue weighted by molar-refractivity contribution is 0.994. The molecule has 0 saturated carbocycles. The highest BCUT2D eigenvalue weighted by molar-refractivity contribution is 8.26. The Balaban J connectivity index is 0. The summed E-state index contributed by atoms with van der Waals surface area (Å²) in [5.74, 6) is 18.0. The molecule has 0 aliphatic carbocycles. The Bertz CT molecular complexity index is 475. The molecule has 0 amide bonds. The molecular formula is C24H50Cl2S12. The number of rotatable bonds is 18. The van der Waals surface area contributed by atoms with E-state index in [1.165, 1.54) is 75.5 Å². The van der Waals surface area contributed by atoms with Crippen molar-refractivity contribution < 1.29 is 0 Å². The SMILES string of the molecule is C.CC1(C(Cl)Cl)SCCS1.CC1(C(SCCSCCS)SCCSCCS)SCCS1.CCCSCCS. The van der Waals surface area contributed by atoms with E-state index in [1.807, 2.05) is 58.8 Å². The van der Waals surface area contributed by atoms with Crippen molar-refractivity contribution in [3.8, 4) is 0 Å². The average Bonchev–Trinajstić information content (AvgIpc) is 3.53. The van der Waals surface area contributed by atoms with Gasteiger partial charge in [0.25, 0.3) is 0 Å². The smallest absolute Gasteiger partial charge is 0.131 e. The molecule has 0 unspecified atom stereocenters. The summed E-state index contributed by atoms with van der Waals surface area (Å²) in [5.41, 5.74) is 0. The molecule has 0 nitrogen and oxygen atoms in total. The maximum atomic E-state index is 5.75. The van der Waals surface area contributed by atoms with Gasteiger partial charge in [0.15, 0.2) is 0 Å². The standard InChI is InChI=1S/C13H26S8.C5H8Cl2S2.C5H12S2.CH4/c1-13(20-10-11-21-13)12(18-8-6-16-4-2-14)19-9-7-17-5-3-15;1-5(4(6)7)8-2-3-9-5;1-2-4-7-5-3-6;/h12,14-15H,2-11H2,1H3;4H,2-3H2,1H3;6H,2-5H2,1H3;1H4. The van der Waals surface area contributed by atoms with E-state index >= 15 is 0 Å². The fraction of sp³-hybridized carbons (Fsp3) is 1.00. The minimum absolute atomic E-state index is 0. The van der Waals surface area contributed by atoms with Crippen molar-refractivity contribution in [2.45, 2.75) is 52.2 Å². The van der Waals surface area contributed by atoms with E-state index in [0.29, 0.717) is 4.08 Å². The fourth-order valence-electron chi connectivity index (χ4n) is 2.75. The molecule has 2 rings (SSSR count). The lowest BCUT2D eigenvalue weighted by Gasteiger charge is -2.31. The van der Waals surface area contributed by atoms with Crippen LogP contribution < -0.4 is 0 Å². The van der Waals surface area contributed by atoms with Gasteiger partial charge in [0.1, 0.15) is 4.84 Å². The quantitative estimate of drug-likeness (QED) is 0.0532. The summed E-state index contributed by atoms with van der Waals surface area (Å²) < 4.78 is 1.20. The topological polar surface area (TPSA) is 0 Å². The van der Waals surface area contributed by atoms with Gasteiger partial charge >= 0.3 is 0 Å². The van der Waals surface area contributed by atoms with Crippen LogP contribution in [-0.2, 0) is 0 Å². The Morgan fingerprint density at radius 1 is 0.632 bits per heavy atom. The zero-order chi connectivity index (χ0) is 27.8. The van der Waals surface area contributed by atoms with Gasteiger partial charge in [-0.2, -0.15) is 73.2 Å². The summed E-state index contributed by atoms with van der Waals surface area (Å²) in [7, 11) is 0. The number of alkyl halides is 2. The number of hydrogen-bond donors (Lipinski definition) is 3. The lowest BCUT2D eigenvalue weighted by Crippen LogP contribution is -2.26. The Hall–Kier alpha value is 4.78. The third kappa shape index (κ3) is 23.2. The van der Waals surface area contributed by atoms with Gasteiger partial charge in [-0.15, -0.1) is 93.8 Å². The summed E-state index contributed by atoms with van der Waals surface area (Å²) in [6.07, 6.45) is 1.29. The van der Waals surface area contributed by atoms with Crippen molar-refractivity contribution >= 4 is 167 Å². The van der Waals surface area contributed by atoms with Crippen LogP contribution in [0.25, 0.3) is 0 Å². The summed E-state index contributed by atoms with van der Waals surface area (Å²) in [6, 6.07) is 0. The van der Waals surface area contributed by atoms with E-state index in [0.717, 1.165) is 21.8 Å². The second kappa shape index (κ2) is 30.4. The average molecular weight is 794 g/mol. The number of halogens is 2. The molecule has 0 aromatic heterocycles. The van der Waals surface area contributed by atoms with E-state index in [4.69, 9.17) is 23.2 Å². The van der Waals surface area contributed by atoms with E-state index < -0.39 is 0 Å². The van der Waals surface area contributed by atoms with Crippen LogP contribution in [0.1, 0.15) is 34.6 Å². The van der Waals surface area contributed by atoms with Crippen molar-refractivity contribution in [3.63, 3.8) is 0 Å². The molecule has 232 valence electrons. The molecule has 2 fully saturated rings. The first kappa shape index (κ1) is 44.9. The highest BCUT2D eigenvalue weighted by atomic mass is 35.5. The van der Waals surface area contributed by atoms with Gasteiger partial charge in [-0.3, -0.25) is 0 Å². The van der Waals surface area contributed by atoms with Gasteiger partial charge in [0.2, 0.25) is 0 Å². The van der Waals surface area contributed by atoms with Gasteiger partial charge in [-0.1, -0.05) is 14.4 Å². The van der Waals surface area contributed by atoms with Crippen LogP contribution in [0, 0.1) is 0 Å².